The minimum absolute atomic E-state index is 0.131. The van der Waals surface area contributed by atoms with Gasteiger partial charge in [0.1, 0.15) is 18.3 Å². The number of aromatic nitrogens is 2. The van der Waals surface area contributed by atoms with Gasteiger partial charge in [0.25, 0.3) is 5.56 Å². The molecule has 6 atom stereocenters. The second kappa shape index (κ2) is 12.4. The maximum Gasteiger partial charge on any atom is 0.490 e. The summed E-state index contributed by atoms with van der Waals surface area (Å²) in [6.07, 6.45) is -4.67. The lowest BCUT2D eigenvalue weighted by Crippen LogP contribution is -2.39. The molecule has 1 saturated heterocycles. The summed E-state index contributed by atoms with van der Waals surface area (Å²) in [5.74, 6) is 5.43. The fourth-order valence-corrected chi connectivity index (χ4v) is 6.02. The number of hydrogen-bond donors (Lipinski definition) is 8. The number of aliphatic hydroxyl groups excluding tert-OH is 2. The molecule has 1 aliphatic rings. The van der Waals surface area contributed by atoms with Crippen LogP contribution in [0, 0.1) is 11.8 Å². The summed E-state index contributed by atoms with van der Waals surface area (Å²) in [6, 6.07) is 0. The Kier molecular flexibility index (Phi) is 10.5. The van der Waals surface area contributed by atoms with E-state index in [1.165, 1.54) is 0 Å². The molecule has 0 aliphatic carbocycles. The van der Waals surface area contributed by atoms with Crippen LogP contribution in [0.3, 0.4) is 0 Å². The smallest absolute Gasteiger partial charge is 0.387 e. The summed E-state index contributed by atoms with van der Waals surface area (Å²) >= 11 is 0. The lowest BCUT2D eigenvalue weighted by atomic mass is 10.1. The lowest BCUT2D eigenvalue weighted by molar-refractivity contribution is -0.0543. The molecule has 36 heavy (non-hydrogen) atoms. The van der Waals surface area contributed by atoms with E-state index in [2.05, 4.69) is 25.0 Å². The van der Waals surface area contributed by atoms with Crippen molar-refractivity contribution in [1.82, 2.24) is 9.55 Å². The van der Waals surface area contributed by atoms with Crippen molar-refractivity contribution in [3.8, 4) is 11.8 Å². The standard InChI is InChI=1S/C15H24N3O15P3/c16-6-4-2-1-3-5-9-7-18(15(22)17-13(9)21)14-12(20)11(19)10(31-14)8-30-35(26,27)33-36(28,29)32-34(23,24)25/h7,10-12,14,19-20H,1,3,5-6,8,16H2,(H,26,27)(H,28,29)(H,17,21,22)(H2,23,24,25)/t10-,11?,12?,14-/m0/s1. The maximum absolute atomic E-state index is 12.3. The fraction of sp³-hybridized carbons (Fsp3) is 0.600. The van der Waals surface area contributed by atoms with E-state index in [4.69, 9.17) is 25.2 Å². The van der Waals surface area contributed by atoms with Crippen LogP contribution in [0.15, 0.2) is 15.8 Å². The molecule has 1 aromatic rings. The summed E-state index contributed by atoms with van der Waals surface area (Å²) in [5, 5.41) is 20.5. The molecule has 18 nitrogen and oxygen atoms in total. The van der Waals surface area contributed by atoms with Crippen molar-refractivity contribution < 1.29 is 61.4 Å². The summed E-state index contributed by atoms with van der Waals surface area (Å²) in [6.45, 7) is -0.892. The number of nitrogens with two attached hydrogens (primary N) is 1. The van der Waals surface area contributed by atoms with Crippen LogP contribution in [0.4, 0.5) is 0 Å². The third kappa shape index (κ3) is 9.10. The quantitative estimate of drug-likeness (QED) is 0.0782. The lowest BCUT2D eigenvalue weighted by Gasteiger charge is -2.19. The molecule has 2 rings (SSSR count). The third-order valence-electron chi connectivity index (χ3n) is 4.45. The Balaban J connectivity index is 2.11. The van der Waals surface area contributed by atoms with E-state index in [1.54, 1.807) is 0 Å². The molecule has 1 aromatic heterocycles. The van der Waals surface area contributed by atoms with Crippen molar-refractivity contribution in [3.05, 3.63) is 32.6 Å². The van der Waals surface area contributed by atoms with E-state index in [9.17, 15) is 38.4 Å². The maximum atomic E-state index is 12.3. The first-order valence-electron chi connectivity index (χ1n) is 9.85. The molecule has 0 amide bonds. The predicted molar refractivity (Wildman–Crippen MR) is 117 cm³/mol. The highest BCUT2D eigenvalue weighted by Crippen LogP contribution is 2.66. The molecule has 204 valence electrons. The van der Waals surface area contributed by atoms with Gasteiger partial charge in [0.2, 0.25) is 0 Å². The summed E-state index contributed by atoms with van der Waals surface area (Å²) < 4.78 is 51.5. The van der Waals surface area contributed by atoms with Crippen molar-refractivity contribution in [2.24, 2.45) is 5.73 Å². The molecule has 0 saturated carbocycles. The second-order valence-corrected chi connectivity index (χ2v) is 11.6. The molecule has 0 spiro atoms. The first kappa shape index (κ1) is 30.7. The Labute approximate surface area is 202 Å². The number of rotatable bonds is 11. The SMILES string of the molecule is NCC#CCCCc1cn([C@H]2O[C@@H](COP(=O)(O)OP(=O)(O)OP(=O)(O)O)C(O)C2O)c(=O)[nH]c1=O. The van der Waals surface area contributed by atoms with Crippen molar-refractivity contribution in [3.63, 3.8) is 0 Å². The molecule has 0 bridgehead atoms. The van der Waals surface area contributed by atoms with Crippen molar-refractivity contribution in [1.29, 1.82) is 0 Å². The van der Waals surface area contributed by atoms with Gasteiger partial charge in [-0.1, -0.05) is 5.92 Å². The number of aryl methyl sites for hydroxylation is 1. The van der Waals surface area contributed by atoms with Gasteiger partial charge in [-0.25, -0.2) is 18.5 Å². The summed E-state index contributed by atoms with van der Waals surface area (Å²) in [5.41, 5.74) is 3.69. The van der Waals surface area contributed by atoms with E-state index in [1.807, 2.05) is 4.98 Å². The molecule has 21 heteroatoms. The second-order valence-electron chi connectivity index (χ2n) is 7.17. The predicted octanol–water partition coefficient (Wildman–Crippen LogP) is -2.22. The van der Waals surface area contributed by atoms with E-state index in [-0.39, 0.29) is 18.5 Å². The normalized spacial score (nSPS) is 25.5. The van der Waals surface area contributed by atoms with Crippen molar-refractivity contribution >= 4 is 23.5 Å². The van der Waals surface area contributed by atoms with Crippen molar-refractivity contribution in [2.75, 3.05) is 13.2 Å². The van der Waals surface area contributed by atoms with Crippen LogP contribution in [-0.4, -0.2) is 70.8 Å². The number of aromatic amines is 1. The number of ether oxygens (including phenoxy) is 1. The highest BCUT2D eigenvalue weighted by atomic mass is 31.3. The van der Waals surface area contributed by atoms with Gasteiger partial charge in [-0.3, -0.25) is 18.9 Å². The largest absolute Gasteiger partial charge is 0.490 e. The van der Waals surface area contributed by atoms with Crippen LogP contribution in [0.1, 0.15) is 24.6 Å². The molecule has 9 N–H and O–H groups in total. The van der Waals surface area contributed by atoms with Gasteiger partial charge in [-0.05, 0) is 12.8 Å². The van der Waals surface area contributed by atoms with Gasteiger partial charge in [-0.15, -0.1) is 5.92 Å². The highest BCUT2D eigenvalue weighted by molar-refractivity contribution is 7.66. The molecule has 0 aromatic carbocycles. The number of phosphoric ester groups is 1. The van der Waals surface area contributed by atoms with Gasteiger partial charge < -0.3 is 40.3 Å². The monoisotopic (exact) mass is 579 g/mol. The fourth-order valence-electron chi connectivity index (χ4n) is 2.99. The Morgan fingerprint density at radius 1 is 1.06 bits per heavy atom. The number of nitrogens with zero attached hydrogens (tertiary/aromatic N) is 1. The van der Waals surface area contributed by atoms with Gasteiger partial charge in [0, 0.05) is 18.2 Å². The van der Waals surface area contributed by atoms with Gasteiger partial charge in [-0.2, -0.15) is 8.62 Å². The number of aliphatic hydroxyl groups is 2. The minimum Gasteiger partial charge on any atom is -0.387 e. The van der Waals surface area contributed by atoms with Gasteiger partial charge in [0.15, 0.2) is 6.23 Å². The zero-order chi connectivity index (χ0) is 27.3. The van der Waals surface area contributed by atoms with E-state index < -0.39 is 65.9 Å². The molecular weight excluding hydrogens is 555 g/mol. The first-order valence-corrected chi connectivity index (χ1v) is 14.4. The van der Waals surface area contributed by atoms with Crippen molar-refractivity contribution in [2.45, 2.75) is 43.8 Å². The van der Waals surface area contributed by atoms with E-state index >= 15 is 0 Å². The van der Waals surface area contributed by atoms with Crippen LogP contribution >= 0.6 is 23.5 Å². The van der Waals surface area contributed by atoms with Gasteiger partial charge in [0.05, 0.1) is 13.2 Å². The molecule has 1 aliphatic heterocycles. The minimum atomic E-state index is -5.76. The summed E-state index contributed by atoms with van der Waals surface area (Å²) in [4.78, 5) is 62.1. The highest BCUT2D eigenvalue weighted by Gasteiger charge is 2.46. The van der Waals surface area contributed by atoms with Gasteiger partial charge >= 0.3 is 29.2 Å². The number of H-pyrrole nitrogens is 1. The molecular formula is C15H24N3O15P3. The number of nitrogens with one attached hydrogen (secondary N) is 1. The number of hydrogen-bond acceptors (Lipinski definition) is 12. The molecule has 1 fully saturated rings. The zero-order valence-corrected chi connectivity index (χ0v) is 20.8. The Morgan fingerprint density at radius 3 is 2.33 bits per heavy atom. The molecule has 0 radical (unpaired) electrons. The average molecular weight is 579 g/mol. The topological polar surface area (TPSA) is 290 Å². The molecule has 4 unspecified atom stereocenters. The van der Waals surface area contributed by atoms with Crippen LogP contribution < -0.4 is 17.0 Å². The van der Waals surface area contributed by atoms with Crippen LogP contribution in [0.2, 0.25) is 0 Å². The van der Waals surface area contributed by atoms with E-state index in [0.717, 1.165) is 10.8 Å². The van der Waals surface area contributed by atoms with Crippen LogP contribution in [0.5, 0.6) is 0 Å². The Hall–Kier alpha value is -1.51. The van der Waals surface area contributed by atoms with E-state index in [0.29, 0.717) is 12.8 Å². The zero-order valence-electron chi connectivity index (χ0n) is 18.1. The third-order valence-corrected chi connectivity index (χ3v) is 8.25. The average Bonchev–Trinajstić information content (AvgIpc) is 2.99. The number of phosphoric acid groups is 3. The van der Waals surface area contributed by atoms with Crippen LogP contribution in [0.25, 0.3) is 0 Å². The first-order chi connectivity index (χ1) is 16.6. The molecule has 2 heterocycles. The Morgan fingerprint density at radius 2 is 1.72 bits per heavy atom. The Bertz CT molecular complexity index is 1250. The number of unbranched alkanes of at least 4 members (excludes halogenated alkanes) is 1. The van der Waals surface area contributed by atoms with Crippen LogP contribution in [-0.2, 0) is 38.0 Å². The summed E-state index contributed by atoms with van der Waals surface area (Å²) in [7, 11) is -16.9.